The molecule has 1 aliphatic rings. The Hall–Kier alpha value is -2.13. The van der Waals surface area contributed by atoms with Crippen LogP contribution in [0.4, 0.5) is 5.82 Å². The average Bonchev–Trinajstić information content (AvgIpc) is 2.55. The monoisotopic (exact) mass is 288 g/mol. The van der Waals surface area contributed by atoms with Crippen LogP contribution in [0.5, 0.6) is 0 Å². The Morgan fingerprint density at radius 3 is 2.67 bits per heavy atom. The Morgan fingerprint density at radius 2 is 2.14 bits per heavy atom. The van der Waals surface area contributed by atoms with Crippen LogP contribution in [0.25, 0.3) is 0 Å². The van der Waals surface area contributed by atoms with Gasteiger partial charge in [0.25, 0.3) is 0 Å². The Bertz CT molecular complexity index is 515. The fraction of sp³-hybridized carbons (Fsp3) is 0.533. The lowest BCUT2D eigenvalue weighted by molar-refractivity contribution is -0.141. The summed E-state index contributed by atoms with van der Waals surface area (Å²) < 4.78 is 4.71. The summed E-state index contributed by atoms with van der Waals surface area (Å²) in [5.41, 5.74) is 0.573. The van der Waals surface area contributed by atoms with E-state index in [9.17, 15) is 4.79 Å². The molecule has 0 saturated carbocycles. The molecule has 0 spiro atoms. The van der Waals surface area contributed by atoms with Gasteiger partial charge in [0.2, 0.25) is 0 Å². The maximum Gasteiger partial charge on any atom is 0.307 e. The zero-order chi connectivity index (χ0) is 15.2. The maximum absolute atomic E-state index is 11.3. The van der Waals surface area contributed by atoms with Gasteiger partial charge in [-0.05, 0) is 19.1 Å². The summed E-state index contributed by atoms with van der Waals surface area (Å²) in [7, 11) is 1.42. The Labute approximate surface area is 124 Å². The molecule has 0 bridgehead atoms. The standard InChI is InChI=1S/C15H20N4O2/c1-12(9-15(20)21-2)18-5-7-19(8-6-18)14-4-3-13(10-16)11-17-14/h3-4,11-12H,5-9H2,1-2H3. The van der Waals surface area contributed by atoms with E-state index in [0.717, 1.165) is 32.0 Å². The number of rotatable bonds is 4. The van der Waals surface area contributed by atoms with Gasteiger partial charge in [0, 0.05) is 38.4 Å². The van der Waals surface area contributed by atoms with Gasteiger partial charge in [0.1, 0.15) is 11.9 Å². The number of methoxy groups -OCH3 is 1. The van der Waals surface area contributed by atoms with E-state index in [-0.39, 0.29) is 12.0 Å². The van der Waals surface area contributed by atoms with Crippen molar-refractivity contribution in [1.29, 1.82) is 5.26 Å². The summed E-state index contributed by atoms with van der Waals surface area (Å²) in [5, 5.41) is 8.78. The molecular formula is C15H20N4O2. The first-order chi connectivity index (χ1) is 10.1. The van der Waals surface area contributed by atoms with Crippen molar-refractivity contribution in [2.45, 2.75) is 19.4 Å². The number of anilines is 1. The van der Waals surface area contributed by atoms with Gasteiger partial charge in [-0.25, -0.2) is 4.98 Å². The van der Waals surface area contributed by atoms with Gasteiger partial charge in [-0.15, -0.1) is 0 Å². The number of aromatic nitrogens is 1. The summed E-state index contributed by atoms with van der Waals surface area (Å²) in [6.45, 7) is 5.56. The molecule has 21 heavy (non-hydrogen) atoms. The number of carbonyl (C=O) groups is 1. The zero-order valence-corrected chi connectivity index (χ0v) is 12.5. The van der Waals surface area contributed by atoms with Crippen LogP contribution in [-0.2, 0) is 9.53 Å². The Morgan fingerprint density at radius 1 is 1.43 bits per heavy atom. The zero-order valence-electron chi connectivity index (χ0n) is 12.5. The Balaban J connectivity index is 1.87. The molecule has 1 fully saturated rings. The summed E-state index contributed by atoms with van der Waals surface area (Å²) in [5.74, 6) is 0.730. The molecule has 0 radical (unpaired) electrons. The molecule has 2 rings (SSSR count). The second-order valence-electron chi connectivity index (χ2n) is 5.17. The molecule has 1 aromatic heterocycles. The number of hydrogen-bond donors (Lipinski definition) is 0. The number of ether oxygens (including phenoxy) is 1. The van der Waals surface area contributed by atoms with Crippen molar-refractivity contribution in [2.75, 3.05) is 38.2 Å². The second kappa shape index (κ2) is 7.04. The largest absolute Gasteiger partial charge is 0.469 e. The van der Waals surface area contributed by atoms with E-state index in [0.29, 0.717) is 12.0 Å². The minimum atomic E-state index is -0.168. The van der Waals surface area contributed by atoms with E-state index < -0.39 is 0 Å². The highest BCUT2D eigenvalue weighted by Crippen LogP contribution is 2.16. The third-order valence-corrected chi connectivity index (χ3v) is 3.83. The predicted molar refractivity (Wildman–Crippen MR) is 78.8 cm³/mol. The number of pyridine rings is 1. The Kier molecular flexibility index (Phi) is 5.12. The van der Waals surface area contributed by atoms with Gasteiger partial charge in [-0.3, -0.25) is 9.69 Å². The second-order valence-corrected chi connectivity index (χ2v) is 5.17. The van der Waals surface area contributed by atoms with Crippen LogP contribution in [0, 0.1) is 11.3 Å². The molecule has 0 amide bonds. The molecule has 2 heterocycles. The van der Waals surface area contributed by atoms with E-state index >= 15 is 0 Å². The normalized spacial score (nSPS) is 17.1. The van der Waals surface area contributed by atoms with E-state index in [1.807, 2.05) is 13.0 Å². The molecule has 1 aliphatic heterocycles. The summed E-state index contributed by atoms with van der Waals surface area (Å²) in [6.07, 6.45) is 2.02. The van der Waals surface area contributed by atoms with Crippen LogP contribution >= 0.6 is 0 Å². The summed E-state index contributed by atoms with van der Waals surface area (Å²) >= 11 is 0. The first kappa shape index (κ1) is 15.3. The molecule has 0 aliphatic carbocycles. The molecule has 112 valence electrons. The topological polar surface area (TPSA) is 69.5 Å². The van der Waals surface area contributed by atoms with Crippen molar-refractivity contribution in [2.24, 2.45) is 0 Å². The first-order valence-electron chi connectivity index (χ1n) is 7.06. The smallest absolute Gasteiger partial charge is 0.307 e. The predicted octanol–water partition coefficient (Wildman–Crippen LogP) is 1.03. The van der Waals surface area contributed by atoms with Crippen molar-refractivity contribution in [3.8, 4) is 6.07 Å². The molecule has 0 aromatic carbocycles. The molecule has 1 saturated heterocycles. The van der Waals surface area contributed by atoms with Crippen molar-refractivity contribution in [3.05, 3.63) is 23.9 Å². The van der Waals surface area contributed by atoms with Crippen LogP contribution in [0.15, 0.2) is 18.3 Å². The highest BCUT2D eigenvalue weighted by atomic mass is 16.5. The van der Waals surface area contributed by atoms with Crippen molar-refractivity contribution >= 4 is 11.8 Å². The van der Waals surface area contributed by atoms with Gasteiger partial charge in [-0.1, -0.05) is 0 Å². The lowest BCUT2D eigenvalue weighted by Gasteiger charge is -2.38. The van der Waals surface area contributed by atoms with Crippen LogP contribution in [0.3, 0.4) is 0 Å². The first-order valence-corrected chi connectivity index (χ1v) is 7.06. The minimum absolute atomic E-state index is 0.168. The van der Waals surface area contributed by atoms with Crippen LogP contribution in [-0.4, -0.2) is 55.2 Å². The highest BCUT2D eigenvalue weighted by Gasteiger charge is 2.23. The van der Waals surface area contributed by atoms with Crippen molar-refractivity contribution < 1.29 is 9.53 Å². The summed E-state index contributed by atoms with van der Waals surface area (Å²) in [6, 6.07) is 5.93. The molecule has 6 nitrogen and oxygen atoms in total. The van der Waals surface area contributed by atoms with E-state index in [4.69, 9.17) is 10.00 Å². The van der Waals surface area contributed by atoms with Gasteiger partial charge < -0.3 is 9.64 Å². The molecule has 1 atom stereocenters. The fourth-order valence-corrected chi connectivity index (χ4v) is 2.48. The number of carbonyl (C=O) groups excluding carboxylic acids is 1. The number of esters is 1. The minimum Gasteiger partial charge on any atom is -0.469 e. The van der Waals surface area contributed by atoms with Crippen LogP contribution in [0.2, 0.25) is 0 Å². The van der Waals surface area contributed by atoms with Gasteiger partial charge in [0.15, 0.2) is 0 Å². The van der Waals surface area contributed by atoms with Gasteiger partial charge in [-0.2, -0.15) is 5.26 Å². The van der Waals surface area contributed by atoms with Gasteiger partial charge >= 0.3 is 5.97 Å². The van der Waals surface area contributed by atoms with Crippen LogP contribution in [0.1, 0.15) is 18.9 Å². The van der Waals surface area contributed by atoms with Crippen LogP contribution < -0.4 is 4.90 Å². The summed E-state index contributed by atoms with van der Waals surface area (Å²) in [4.78, 5) is 20.1. The SMILES string of the molecule is COC(=O)CC(C)N1CCN(c2ccc(C#N)cn2)CC1. The number of nitriles is 1. The lowest BCUT2D eigenvalue weighted by Crippen LogP contribution is -2.50. The molecular weight excluding hydrogens is 268 g/mol. The molecule has 1 aromatic rings. The average molecular weight is 288 g/mol. The number of piperazine rings is 1. The van der Waals surface area contributed by atoms with Crippen molar-refractivity contribution in [1.82, 2.24) is 9.88 Å². The molecule has 6 heteroatoms. The fourth-order valence-electron chi connectivity index (χ4n) is 2.48. The van der Waals surface area contributed by atoms with Crippen molar-refractivity contribution in [3.63, 3.8) is 0 Å². The molecule has 0 N–H and O–H groups in total. The van der Waals surface area contributed by atoms with Gasteiger partial charge in [0.05, 0.1) is 19.1 Å². The number of nitrogens with zero attached hydrogens (tertiary/aromatic N) is 4. The molecule has 1 unspecified atom stereocenters. The third kappa shape index (κ3) is 3.92. The maximum atomic E-state index is 11.3. The lowest BCUT2D eigenvalue weighted by atomic mass is 10.1. The van der Waals surface area contributed by atoms with E-state index in [1.54, 1.807) is 12.3 Å². The number of hydrogen-bond acceptors (Lipinski definition) is 6. The quantitative estimate of drug-likeness (QED) is 0.771. The highest BCUT2D eigenvalue weighted by molar-refractivity contribution is 5.69. The van der Waals surface area contributed by atoms with E-state index in [2.05, 4.69) is 20.9 Å². The van der Waals surface area contributed by atoms with E-state index in [1.165, 1.54) is 7.11 Å². The third-order valence-electron chi connectivity index (χ3n) is 3.83.